The van der Waals surface area contributed by atoms with Crippen LogP contribution in [-0.4, -0.2) is 11.2 Å². The SMILES string of the molecule is C=C(C)C1=C(C2CCCCC2)C[C@@H](O)[C@H]1CC#Cc1ccccc1. The first-order valence-electron chi connectivity index (χ1n) is 9.27. The van der Waals surface area contributed by atoms with Crippen molar-refractivity contribution in [3.8, 4) is 11.8 Å². The lowest BCUT2D eigenvalue weighted by Gasteiger charge is -2.25. The van der Waals surface area contributed by atoms with Crippen LogP contribution in [0.1, 0.15) is 57.4 Å². The Balaban J connectivity index is 1.79. The highest BCUT2D eigenvalue weighted by Crippen LogP contribution is 2.45. The van der Waals surface area contributed by atoms with Crippen LogP contribution in [0.15, 0.2) is 53.6 Å². The van der Waals surface area contributed by atoms with Gasteiger partial charge in [0, 0.05) is 17.9 Å². The Morgan fingerprint density at radius 2 is 1.88 bits per heavy atom. The summed E-state index contributed by atoms with van der Waals surface area (Å²) in [7, 11) is 0. The van der Waals surface area contributed by atoms with Crippen LogP contribution in [0.2, 0.25) is 0 Å². The van der Waals surface area contributed by atoms with E-state index in [-0.39, 0.29) is 12.0 Å². The molecule has 1 aromatic rings. The van der Waals surface area contributed by atoms with Gasteiger partial charge in [-0.25, -0.2) is 0 Å². The smallest absolute Gasteiger partial charge is 0.0655 e. The van der Waals surface area contributed by atoms with Gasteiger partial charge in [0.15, 0.2) is 0 Å². The number of aliphatic hydroxyl groups is 1. The molecule has 0 amide bonds. The molecule has 0 heterocycles. The predicted octanol–water partition coefficient (Wildman–Crippen LogP) is 5.26. The maximum Gasteiger partial charge on any atom is 0.0655 e. The summed E-state index contributed by atoms with van der Waals surface area (Å²) in [5.74, 6) is 7.32. The highest BCUT2D eigenvalue weighted by Gasteiger charge is 2.36. The Morgan fingerprint density at radius 3 is 2.54 bits per heavy atom. The third-order valence-electron chi connectivity index (χ3n) is 5.50. The van der Waals surface area contributed by atoms with Gasteiger partial charge in [-0.05, 0) is 49.8 Å². The van der Waals surface area contributed by atoms with Crippen molar-refractivity contribution >= 4 is 0 Å². The molecule has 126 valence electrons. The van der Waals surface area contributed by atoms with Crippen LogP contribution in [0, 0.1) is 23.7 Å². The van der Waals surface area contributed by atoms with E-state index in [1.165, 1.54) is 43.3 Å². The molecule has 0 bridgehead atoms. The molecule has 0 spiro atoms. The first kappa shape index (κ1) is 17.1. The number of hydrogen-bond donors (Lipinski definition) is 1. The van der Waals surface area contributed by atoms with E-state index in [4.69, 9.17) is 0 Å². The van der Waals surface area contributed by atoms with Gasteiger partial charge in [0.2, 0.25) is 0 Å². The second kappa shape index (κ2) is 7.86. The van der Waals surface area contributed by atoms with E-state index in [0.717, 1.165) is 17.6 Å². The summed E-state index contributed by atoms with van der Waals surface area (Å²) in [4.78, 5) is 0. The quantitative estimate of drug-likeness (QED) is 0.753. The largest absolute Gasteiger partial charge is 0.392 e. The Labute approximate surface area is 146 Å². The molecule has 1 fully saturated rings. The average Bonchev–Trinajstić information content (AvgIpc) is 2.94. The Morgan fingerprint density at radius 1 is 1.17 bits per heavy atom. The van der Waals surface area contributed by atoms with E-state index in [9.17, 15) is 5.11 Å². The van der Waals surface area contributed by atoms with Crippen molar-refractivity contribution in [1.82, 2.24) is 0 Å². The number of allylic oxidation sites excluding steroid dienone is 1. The van der Waals surface area contributed by atoms with E-state index in [1.54, 1.807) is 0 Å². The minimum absolute atomic E-state index is 0.135. The van der Waals surface area contributed by atoms with Crippen LogP contribution < -0.4 is 0 Å². The standard InChI is InChI=1S/C23H28O/c1-17(2)23-20(15-9-12-18-10-5-3-6-11-18)22(24)16-21(23)19-13-7-4-8-14-19/h3,5-6,10-11,19-20,22,24H,1,4,7-8,13-16H2,2H3/t20-,22-/m1/s1. The van der Waals surface area contributed by atoms with Gasteiger partial charge in [-0.2, -0.15) is 0 Å². The lowest BCUT2D eigenvalue weighted by molar-refractivity contribution is 0.139. The summed E-state index contributed by atoms with van der Waals surface area (Å²) in [6.45, 7) is 6.31. The molecular formula is C23H28O. The van der Waals surface area contributed by atoms with Crippen molar-refractivity contribution in [2.24, 2.45) is 11.8 Å². The van der Waals surface area contributed by atoms with Crippen molar-refractivity contribution < 1.29 is 5.11 Å². The first-order chi connectivity index (χ1) is 11.7. The molecule has 0 aliphatic heterocycles. The van der Waals surface area contributed by atoms with Crippen LogP contribution in [-0.2, 0) is 0 Å². The molecule has 0 unspecified atom stereocenters. The van der Waals surface area contributed by atoms with Crippen molar-refractivity contribution in [2.45, 2.75) is 58.0 Å². The average molecular weight is 320 g/mol. The van der Waals surface area contributed by atoms with E-state index in [1.807, 2.05) is 30.3 Å². The predicted molar refractivity (Wildman–Crippen MR) is 100 cm³/mol. The van der Waals surface area contributed by atoms with E-state index in [2.05, 4.69) is 25.3 Å². The van der Waals surface area contributed by atoms with Crippen molar-refractivity contribution in [3.05, 3.63) is 59.2 Å². The molecule has 1 saturated carbocycles. The topological polar surface area (TPSA) is 20.2 Å². The van der Waals surface area contributed by atoms with E-state index in [0.29, 0.717) is 12.3 Å². The normalized spacial score (nSPS) is 24.6. The second-order valence-corrected chi connectivity index (χ2v) is 7.30. The highest BCUT2D eigenvalue weighted by atomic mass is 16.3. The molecule has 1 aromatic carbocycles. The van der Waals surface area contributed by atoms with Crippen molar-refractivity contribution in [3.63, 3.8) is 0 Å². The molecular weight excluding hydrogens is 292 g/mol. The molecule has 3 rings (SSSR count). The molecule has 24 heavy (non-hydrogen) atoms. The second-order valence-electron chi connectivity index (χ2n) is 7.30. The van der Waals surface area contributed by atoms with Gasteiger partial charge in [0.05, 0.1) is 6.10 Å². The Kier molecular flexibility index (Phi) is 5.59. The number of aliphatic hydroxyl groups excluding tert-OH is 1. The lowest BCUT2D eigenvalue weighted by atomic mass is 9.80. The van der Waals surface area contributed by atoms with Crippen LogP contribution in [0.3, 0.4) is 0 Å². The third-order valence-corrected chi connectivity index (χ3v) is 5.50. The Hall–Kier alpha value is -1.78. The van der Waals surface area contributed by atoms with Crippen LogP contribution in [0.25, 0.3) is 0 Å². The van der Waals surface area contributed by atoms with Crippen LogP contribution in [0.4, 0.5) is 0 Å². The summed E-state index contributed by atoms with van der Waals surface area (Å²) in [6.07, 6.45) is 7.82. The number of rotatable bonds is 3. The zero-order valence-corrected chi connectivity index (χ0v) is 14.7. The summed E-state index contributed by atoms with van der Waals surface area (Å²) in [5, 5.41) is 10.7. The van der Waals surface area contributed by atoms with Gasteiger partial charge in [0.25, 0.3) is 0 Å². The molecule has 1 nitrogen and oxygen atoms in total. The summed E-state index contributed by atoms with van der Waals surface area (Å²) in [5.41, 5.74) is 4.98. The van der Waals surface area contributed by atoms with Gasteiger partial charge in [0.1, 0.15) is 0 Å². The molecule has 2 atom stereocenters. The molecule has 1 N–H and O–H groups in total. The van der Waals surface area contributed by atoms with Gasteiger partial charge in [-0.15, -0.1) is 0 Å². The summed E-state index contributed by atoms with van der Waals surface area (Å²) >= 11 is 0. The van der Waals surface area contributed by atoms with Gasteiger partial charge < -0.3 is 5.11 Å². The monoisotopic (exact) mass is 320 g/mol. The molecule has 0 aromatic heterocycles. The highest BCUT2D eigenvalue weighted by molar-refractivity contribution is 5.42. The number of benzene rings is 1. The fourth-order valence-corrected chi connectivity index (χ4v) is 4.36. The third kappa shape index (κ3) is 3.82. The summed E-state index contributed by atoms with van der Waals surface area (Å²) < 4.78 is 0. The fraction of sp³-hybridized carbons (Fsp3) is 0.478. The van der Waals surface area contributed by atoms with Gasteiger partial charge in [-0.1, -0.05) is 67.0 Å². The zero-order valence-electron chi connectivity index (χ0n) is 14.7. The van der Waals surface area contributed by atoms with Gasteiger partial charge >= 0.3 is 0 Å². The van der Waals surface area contributed by atoms with Crippen LogP contribution >= 0.6 is 0 Å². The van der Waals surface area contributed by atoms with Crippen LogP contribution in [0.5, 0.6) is 0 Å². The molecule has 1 heteroatoms. The van der Waals surface area contributed by atoms with Gasteiger partial charge in [-0.3, -0.25) is 0 Å². The zero-order chi connectivity index (χ0) is 16.9. The maximum absolute atomic E-state index is 10.7. The first-order valence-corrected chi connectivity index (χ1v) is 9.27. The minimum Gasteiger partial charge on any atom is -0.392 e. The van der Waals surface area contributed by atoms with E-state index >= 15 is 0 Å². The molecule has 0 saturated heterocycles. The molecule has 2 aliphatic rings. The van der Waals surface area contributed by atoms with Crippen molar-refractivity contribution in [2.75, 3.05) is 0 Å². The van der Waals surface area contributed by atoms with Crippen molar-refractivity contribution in [1.29, 1.82) is 0 Å². The molecule has 0 radical (unpaired) electrons. The van der Waals surface area contributed by atoms with E-state index < -0.39 is 0 Å². The summed E-state index contributed by atoms with van der Waals surface area (Å²) in [6, 6.07) is 10.1. The minimum atomic E-state index is -0.293. The lowest BCUT2D eigenvalue weighted by Crippen LogP contribution is -2.16. The maximum atomic E-state index is 10.7. The fourth-order valence-electron chi connectivity index (χ4n) is 4.36. The number of hydrogen-bond acceptors (Lipinski definition) is 1. The Bertz CT molecular complexity index is 665. The molecule has 2 aliphatic carbocycles.